The number of nitrogens with one attached hydrogen (secondary N) is 1. The molecule has 1 aromatic carbocycles. The molecule has 6 heteroatoms. The van der Waals surface area contributed by atoms with Crippen LogP contribution in [-0.2, 0) is 13.5 Å². The van der Waals surface area contributed by atoms with E-state index in [-0.39, 0.29) is 17.3 Å². The Morgan fingerprint density at radius 1 is 1.36 bits per heavy atom. The molecular weight excluding hydrogens is 282 g/mol. The van der Waals surface area contributed by atoms with Gasteiger partial charge in [-0.3, -0.25) is 9.48 Å². The third-order valence-corrected chi connectivity index (χ3v) is 3.95. The van der Waals surface area contributed by atoms with E-state index in [9.17, 15) is 9.59 Å². The van der Waals surface area contributed by atoms with Crippen molar-refractivity contribution < 1.29 is 14.7 Å². The highest BCUT2D eigenvalue weighted by atomic mass is 16.4. The van der Waals surface area contributed by atoms with Crippen molar-refractivity contribution in [3.05, 3.63) is 52.8 Å². The number of aryl methyl sites for hydroxylation is 2. The van der Waals surface area contributed by atoms with Gasteiger partial charge in [0.1, 0.15) is 5.56 Å². The fourth-order valence-electron chi connectivity index (χ4n) is 2.94. The third kappa shape index (κ3) is 2.59. The lowest BCUT2D eigenvalue weighted by Crippen LogP contribution is -2.32. The van der Waals surface area contributed by atoms with Crippen LogP contribution >= 0.6 is 0 Å². The Kier molecular flexibility index (Phi) is 3.66. The van der Waals surface area contributed by atoms with Crippen LogP contribution in [0.5, 0.6) is 0 Å². The van der Waals surface area contributed by atoms with Gasteiger partial charge in [0.15, 0.2) is 5.69 Å². The second-order valence-electron chi connectivity index (χ2n) is 5.49. The van der Waals surface area contributed by atoms with Gasteiger partial charge in [-0.1, -0.05) is 24.3 Å². The summed E-state index contributed by atoms with van der Waals surface area (Å²) in [7, 11) is 1.60. The van der Waals surface area contributed by atoms with Gasteiger partial charge in [-0.15, -0.1) is 0 Å². The first-order chi connectivity index (χ1) is 10.6. The molecule has 0 aliphatic heterocycles. The molecule has 1 aromatic heterocycles. The van der Waals surface area contributed by atoms with Crippen LogP contribution in [-0.4, -0.2) is 26.8 Å². The van der Waals surface area contributed by atoms with Gasteiger partial charge in [-0.05, 0) is 30.4 Å². The zero-order valence-corrected chi connectivity index (χ0v) is 12.2. The standard InChI is InChI=1S/C16H17N3O3/c1-19-9-12(16(21)22)14(18-19)15(20)17-13-8-4-6-10-5-2-3-7-11(10)13/h2-3,5,7,9,13H,4,6,8H2,1H3,(H,17,20)(H,21,22). The van der Waals surface area contributed by atoms with Gasteiger partial charge >= 0.3 is 5.97 Å². The molecule has 0 bridgehead atoms. The maximum Gasteiger partial charge on any atom is 0.339 e. The first-order valence-electron chi connectivity index (χ1n) is 7.22. The summed E-state index contributed by atoms with van der Waals surface area (Å²) >= 11 is 0. The summed E-state index contributed by atoms with van der Waals surface area (Å²) in [5.41, 5.74) is 2.22. The summed E-state index contributed by atoms with van der Waals surface area (Å²) in [6, 6.07) is 7.92. The SMILES string of the molecule is Cn1cc(C(=O)O)c(C(=O)NC2CCCc3ccccc32)n1. The molecule has 114 valence electrons. The maximum absolute atomic E-state index is 12.4. The van der Waals surface area contributed by atoms with Crippen molar-refractivity contribution in [1.82, 2.24) is 15.1 Å². The van der Waals surface area contributed by atoms with Crippen LogP contribution in [0.4, 0.5) is 0 Å². The predicted octanol–water partition coefficient (Wildman–Crippen LogP) is 1.93. The summed E-state index contributed by atoms with van der Waals surface area (Å²) in [4.78, 5) is 23.6. The average Bonchev–Trinajstić information content (AvgIpc) is 2.90. The number of carboxylic acids is 1. The highest BCUT2D eigenvalue weighted by molar-refractivity contribution is 6.03. The maximum atomic E-state index is 12.4. The molecular formula is C16H17N3O3. The number of hydrogen-bond donors (Lipinski definition) is 2. The molecule has 6 nitrogen and oxygen atoms in total. The van der Waals surface area contributed by atoms with Crippen LogP contribution in [0.2, 0.25) is 0 Å². The fraction of sp³-hybridized carbons (Fsp3) is 0.312. The number of carbonyl (C=O) groups excluding carboxylic acids is 1. The molecule has 1 amide bonds. The van der Waals surface area contributed by atoms with Gasteiger partial charge in [-0.25, -0.2) is 4.79 Å². The van der Waals surface area contributed by atoms with Crippen molar-refractivity contribution >= 4 is 11.9 Å². The highest BCUT2D eigenvalue weighted by Crippen LogP contribution is 2.29. The van der Waals surface area contributed by atoms with E-state index in [2.05, 4.69) is 16.5 Å². The second kappa shape index (κ2) is 5.63. The molecule has 2 aromatic rings. The van der Waals surface area contributed by atoms with E-state index in [0.717, 1.165) is 24.8 Å². The Labute approximate surface area is 127 Å². The van der Waals surface area contributed by atoms with Gasteiger partial charge in [-0.2, -0.15) is 5.10 Å². The van der Waals surface area contributed by atoms with Gasteiger partial charge in [0.2, 0.25) is 0 Å². The van der Waals surface area contributed by atoms with Gasteiger partial charge in [0.25, 0.3) is 5.91 Å². The van der Waals surface area contributed by atoms with Crippen molar-refractivity contribution in [3.63, 3.8) is 0 Å². The predicted molar refractivity (Wildman–Crippen MR) is 79.8 cm³/mol. The summed E-state index contributed by atoms with van der Waals surface area (Å²) in [5.74, 6) is -1.60. The quantitative estimate of drug-likeness (QED) is 0.907. The fourth-order valence-corrected chi connectivity index (χ4v) is 2.94. The molecule has 3 rings (SSSR count). The smallest absolute Gasteiger partial charge is 0.339 e. The van der Waals surface area contributed by atoms with Gasteiger partial charge in [0, 0.05) is 13.2 Å². The number of nitrogens with zero attached hydrogens (tertiary/aromatic N) is 2. The van der Waals surface area contributed by atoms with Crippen LogP contribution in [0.1, 0.15) is 50.9 Å². The minimum absolute atomic E-state index is 0.0435. The molecule has 1 unspecified atom stereocenters. The van der Waals surface area contributed by atoms with Crippen LogP contribution in [0.25, 0.3) is 0 Å². The third-order valence-electron chi connectivity index (χ3n) is 3.95. The van der Waals surface area contributed by atoms with Crippen molar-refractivity contribution in [2.45, 2.75) is 25.3 Å². The highest BCUT2D eigenvalue weighted by Gasteiger charge is 2.26. The van der Waals surface area contributed by atoms with Crippen molar-refractivity contribution in [2.75, 3.05) is 0 Å². The zero-order valence-electron chi connectivity index (χ0n) is 12.2. The molecule has 0 saturated carbocycles. The topological polar surface area (TPSA) is 84.2 Å². The number of aromatic nitrogens is 2. The van der Waals surface area contributed by atoms with E-state index in [4.69, 9.17) is 5.11 Å². The molecule has 0 radical (unpaired) electrons. The van der Waals surface area contributed by atoms with Crippen molar-refractivity contribution in [1.29, 1.82) is 0 Å². The minimum Gasteiger partial charge on any atom is -0.478 e. The summed E-state index contributed by atoms with van der Waals surface area (Å²) in [5, 5.41) is 16.1. The van der Waals surface area contributed by atoms with Crippen LogP contribution < -0.4 is 5.32 Å². The van der Waals surface area contributed by atoms with Crippen LogP contribution in [0.15, 0.2) is 30.5 Å². The molecule has 0 fully saturated rings. The number of carboxylic acid groups (broad SMARTS) is 1. The molecule has 1 heterocycles. The van der Waals surface area contributed by atoms with E-state index < -0.39 is 11.9 Å². The number of fused-ring (bicyclic) bond motifs is 1. The molecule has 1 atom stereocenters. The number of benzene rings is 1. The van der Waals surface area contributed by atoms with Crippen molar-refractivity contribution in [3.8, 4) is 0 Å². The zero-order chi connectivity index (χ0) is 15.7. The Morgan fingerprint density at radius 2 is 2.14 bits per heavy atom. The van der Waals surface area contributed by atoms with Gasteiger partial charge in [0.05, 0.1) is 6.04 Å². The Morgan fingerprint density at radius 3 is 2.91 bits per heavy atom. The lowest BCUT2D eigenvalue weighted by atomic mass is 9.87. The average molecular weight is 299 g/mol. The monoisotopic (exact) mass is 299 g/mol. The van der Waals surface area contributed by atoms with E-state index >= 15 is 0 Å². The summed E-state index contributed by atoms with van der Waals surface area (Å²) < 4.78 is 1.34. The lowest BCUT2D eigenvalue weighted by Gasteiger charge is -2.26. The van der Waals surface area contributed by atoms with Crippen LogP contribution in [0, 0.1) is 0 Å². The van der Waals surface area contributed by atoms with Crippen LogP contribution in [0.3, 0.4) is 0 Å². The van der Waals surface area contributed by atoms with E-state index in [1.54, 1.807) is 7.05 Å². The number of carbonyl (C=O) groups is 2. The lowest BCUT2D eigenvalue weighted by molar-refractivity contribution is 0.0690. The molecule has 1 aliphatic carbocycles. The Balaban J connectivity index is 1.86. The number of hydrogen-bond acceptors (Lipinski definition) is 3. The van der Waals surface area contributed by atoms with Gasteiger partial charge < -0.3 is 10.4 Å². The van der Waals surface area contributed by atoms with E-state index in [1.807, 2.05) is 18.2 Å². The Bertz CT molecular complexity index is 736. The molecule has 1 aliphatic rings. The minimum atomic E-state index is -1.15. The summed E-state index contributed by atoms with van der Waals surface area (Å²) in [6.45, 7) is 0. The largest absolute Gasteiger partial charge is 0.478 e. The number of rotatable bonds is 3. The molecule has 0 spiro atoms. The van der Waals surface area contributed by atoms with Crippen molar-refractivity contribution in [2.24, 2.45) is 7.05 Å². The first kappa shape index (κ1) is 14.3. The van der Waals surface area contributed by atoms with E-state index in [1.165, 1.54) is 16.4 Å². The number of aromatic carboxylic acids is 1. The number of amides is 1. The van der Waals surface area contributed by atoms with E-state index in [0.29, 0.717) is 0 Å². The molecule has 0 saturated heterocycles. The summed E-state index contributed by atoms with van der Waals surface area (Å²) in [6.07, 6.45) is 4.19. The molecule has 22 heavy (non-hydrogen) atoms. The molecule has 2 N–H and O–H groups in total. The Hall–Kier alpha value is -2.63. The normalized spacial score (nSPS) is 16.9. The second-order valence-corrected chi connectivity index (χ2v) is 5.49. The first-order valence-corrected chi connectivity index (χ1v) is 7.22.